The van der Waals surface area contributed by atoms with Gasteiger partial charge in [0, 0.05) is 11.5 Å². The van der Waals surface area contributed by atoms with E-state index in [9.17, 15) is 0 Å². The summed E-state index contributed by atoms with van der Waals surface area (Å²) in [6.45, 7) is 2.10. The Hall–Kier alpha value is -1.95. The van der Waals surface area contributed by atoms with Crippen molar-refractivity contribution in [3.63, 3.8) is 0 Å². The molecule has 1 N–H and O–H groups in total. The topological polar surface area (TPSA) is 55.6 Å². The van der Waals surface area contributed by atoms with Gasteiger partial charge in [0.25, 0.3) is 0 Å². The molecule has 0 radical (unpaired) electrons. The van der Waals surface area contributed by atoms with E-state index < -0.39 is 0 Å². The lowest BCUT2D eigenvalue weighted by Crippen LogP contribution is -2.10. The standard InChI is InChI=1S/C14H14BrN5/c1-9(10-5-3-4-6-11(10)15)19-14-13-12(16-8-17-14)7-18-20(13)2/h3-9H,1-2H3,(H,16,17,19)/t9-/m0/s1. The number of rotatable bonds is 3. The van der Waals surface area contributed by atoms with Crippen molar-refractivity contribution in [3.8, 4) is 0 Å². The Kier molecular flexibility index (Phi) is 3.40. The van der Waals surface area contributed by atoms with E-state index in [1.165, 1.54) is 5.56 Å². The van der Waals surface area contributed by atoms with Crippen LogP contribution in [-0.4, -0.2) is 19.7 Å². The molecule has 102 valence electrons. The first-order valence-electron chi connectivity index (χ1n) is 6.30. The molecular weight excluding hydrogens is 318 g/mol. The number of nitrogens with zero attached hydrogens (tertiary/aromatic N) is 4. The van der Waals surface area contributed by atoms with Crippen LogP contribution >= 0.6 is 15.9 Å². The second-order valence-corrected chi connectivity index (χ2v) is 5.47. The highest BCUT2D eigenvalue weighted by molar-refractivity contribution is 9.10. The molecule has 5 nitrogen and oxygen atoms in total. The SMILES string of the molecule is C[C@H](Nc1ncnc2cnn(C)c12)c1ccccc1Br. The number of hydrogen-bond acceptors (Lipinski definition) is 4. The highest BCUT2D eigenvalue weighted by Gasteiger charge is 2.13. The zero-order valence-electron chi connectivity index (χ0n) is 11.2. The van der Waals surface area contributed by atoms with Crippen LogP contribution in [0.4, 0.5) is 5.82 Å². The predicted octanol–water partition coefficient (Wildman–Crippen LogP) is 3.30. The molecule has 1 aromatic carbocycles. The second-order valence-electron chi connectivity index (χ2n) is 4.61. The number of halogens is 1. The summed E-state index contributed by atoms with van der Waals surface area (Å²) in [6, 6.07) is 8.28. The quantitative estimate of drug-likeness (QED) is 0.800. The van der Waals surface area contributed by atoms with E-state index in [0.29, 0.717) is 0 Å². The Balaban J connectivity index is 1.97. The lowest BCUT2D eigenvalue weighted by Gasteiger charge is -2.17. The molecule has 20 heavy (non-hydrogen) atoms. The van der Waals surface area contributed by atoms with Crippen molar-refractivity contribution in [2.75, 3.05) is 5.32 Å². The van der Waals surface area contributed by atoms with E-state index in [4.69, 9.17) is 0 Å². The third kappa shape index (κ3) is 2.27. The predicted molar refractivity (Wildman–Crippen MR) is 82.5 cm³/mol. The molecule has 0 aliphatic heterocycles. The van der Waals surface area contributed by atoms with Gasteiger partial charge in [-0.15, -0.1) is 0 Å². The van der Waals surface area contributed by atoms with Gasteiger partial charge >= 0.3 is 0 Å². The van der Waals surface area contributed by atoms with E-state index in [1.54, 1.807) is 17.2 Å². The fourth-order valence-electron chi connectivity index (χ4n) is 2.22. The molecule has 0 bridgehead atoms. The summed E-state index contributed by atoms with van der Waals surface area (Å²) in [5, 5.41) is 7.65. The molecule has 1 atom stereocenters. The Morgan fingerprint density at radius 2 is 2.05 bits per heavy atom. The van der Waals surface area contributed by atoms with Crippen LogP contribution < -0.4 is 5.32 Å². The van der Waals surface area contributed by atoms with Gasteiger partial charge in [-0.05, 0) is 18.6 Å². The summed E-state index contributed by atoms with van der Waals surface area (Å²) in [4.78, 5) is 8.55. The number of hydrogen-bond donors (Lipinski definition) is 1. The van der Waals surface area contributed by atoms with Crippen molar-refractivity contribution < 1.29 is 0 Å². The molecule has 0 spiro atoms. The van der Waals surface area contributed by atoms with Crippen molar-refractivity contribution in [3.05, 3.63) is 46.8 Å². The second kappa shape index (κ2) is 5.20. The molecule has 0 unspecified atom stereocenters. The first-order chi connectivity index (χ1) is 9.66. The van der Waals surface area contributed by atoms with Crippen LogP contribution in [0.5, 0.6) is 0 Å². The average molecular weight is 332 g/mol. The Bertz CT molecular complexity index is 752. The van der Waals surface area contributed by atoms with Crippen molar-refractivity contribution in [1.29, 1.82) is 0 Å². The number of anilines is 1. The number of benzene rings is 1. The van der Waals surface area contributed by atoms with Crippen LogP contribution in [0, 0.1) is 0 Å². The van der Waals surface area contributed by atoms with E-state index in [-0.39, 0.29) is 6.04 Å². The van der Waals surface area contributed by atoms with Crippen LogP contribution in [0.25, 0.3) is 11.0 Å². The number of aromatic nitrogens is 4. The van der Waals surface area contributed by atoms with Crippen molar-refractivity contribution in [2.45, 2.75) is 13.0 Å². The molecule has 2 aromatic heterocycles. The molecule has 0 aliphatic carbocycles. The molecule has 6 heteroatoms. The van der Waals surface area contributed by atoms with Crippen LogP contribution in [0.2, 0.25) is 0 Å². The Morgan fingerprint density at radius 3 is 2.85 bits per heavy atom. The van der Waals surface area contributed by atoms with Crippen molar-refractivity contribution in [2.24, 2.45) is 7.05 Å². The lowest BCUT2D eigenvalue weighted by atomic mass is 10.1. The molecule has 2 heterocycles. The summed E-state index contributed by atoms with van der Waals surface area (Å²) >= 11 is 3.58. The minimum Gasteiger partial charge on any atom is -0.362 e. The monoisotopic (exact) mass is 331 g/mol. The lowest BCUT2D eigenvalue weighted by molar-refractivity contribution is 0.791. The van der Waals surface area contributed by atoms with E-state index >= 15 is 0 Å². The van der Waals surface area contributed by atoms with Gasteiger partial charge in [-0.3, -0.25) is 4.68 Å². The van der Waals surface area contributed by atoms with Gasteiger partial charge in [0.1, 0.15) is 17.4 Å². The fraction of sp³-hybridized carbons (Fsp3) is 0.214. The van der Waals surface area contributed by atoms with Gasteiger partial charge < -0.3 is 5.32 Å². The molecule has 0 amide bonds. The summed E-state index contributed by atoms with van der Waals surface area (Å²) in [5.74, 6) is 0.790. The molecule has 3 rings (SSSR count). The minimum absolute atomic E-state index is 0.124. The Labute approximate surface area is 125 Å². The van der Waals surface area contributed by atoms with E-state index in [2.05, 4.69) is 49.3 Å². The van der Waals surface area contributed by atoms with E-state index in [1.807, 2.05) is 25.2 Å². The first-order valence-corrected chi connectivity index (χ1v) is 7.10. The van der Waals surface area contributed by atoms with E-state index in [0.717, 1.165) is 21.3 Å². The van der Waals surface area contributed by atoms with Crippen molar-refractivity contribution >= 4 is 32.8 Å². The zero-order valence-corrected chi connectivity index (χ0v) is 12.8. The molecule has 0 saturated carbocycles. The largest absolute Gasteiger partial charge is 0.362 e. The van der Waals surface area contributed by atoms with Gasteiger partial charge in [-0.25, -0.2) is 9.97 Å². The molecular formula is C14H14BrN5. The van der Waals surface area contributed by atoms with Gasteiger partial charge in [0.2, 0.25) is 0 Å². The van der Waals surface area contributed by atoms with Crippen LogP contribution in [0.15, 0.2) is 41.3 Å². The summed E-state index contributed by atoms with van der Waals surface area (Å²) < 4.78 is 2.86. The highest BCUT2D eigenvalue weighted by atomic mass is 79.9. The van der Waals surface area contributed by atoms with Gasteiger partial charge in [0.15, 0.2) is 5.82 Å². The minimum atomic E-state index is 0.124. The maximum atomic E-state index is 4.34. The van der Waals surface area contributed by atoms with Gasteiger partial charge in [-0.1, -0.05) is 34.1 Å². The Morgan fingerprint density at radius 1 is 1.25 bits per heavy atom. The van der Waals surface area contributed by atoms with Crippen molar-refractivity contribution in [1.82, 2.24) is 19.7 Å². The highest BCUT2D eigenvalue weighted by Crippen LogP contribution is 2.27. The fourth-order valence-corrected chi connectivity index (χ4v) is 2.85. The van der Waals surface area contributed by atoms with Crippen LogP contribution in [0.1, 0.15) is 18.5 Å². The smallest absolute Gasteiger partial charge is 0.156 e. The molecule has 0 fully saturated rings. The average Bonchev–Trinajstić information content (AvgIpc) is 2.82. The van der Waals surface area contributed by atoms with Crippen LogP contribution in [0.3, 0.4) is 0 Å². The summed E-state index contributed by atoms with van der Waals surface area (Å²) in [7, 11) is 1.89. The summed E-state index contributed by atoms with van der Waals surface area (Å²) in [6.07, 6.45) is 3.30. The third-order valence-electron chi connectivity index (χ3n) is 3.25. The van der Waals surface area contributed by atoms with Gasteiger partial charge in [0.05, 0.1) is 12.2 Å². The first kappa shape index (κ1) is 13.1. The molecule has 3 aromatic rings. The van der Waals surface area contributed by atoms with Gasteiger partial charge in [-0.2, -0.15) is 5.10 Å². The molecule has 0 aliphatic rings. The maximum Gasteiger partial charge on any atom is 0.156 e. The zero-order chi connectivity index (χ0) is 14.1. The number of aryl methyl sites for hydroxylation is 1. The normalized spacial score (nSPS) is 12.6. The number of nitrogens with one attached hydrogen (secondary N) is 1. The third-order valence-corrected chi connectivity index (χ3v) is 3.97. The molecule has 0 saturated heterocycles. The van der Waals surface area contributed by atoms with Crippen LogP contribution in [-0.2, 0) is 7.05 Å². The summed E-state index contributed by atoms with van der Waals surface area (Å²) in [5.41, 5.74) is 2.93. The maximum absolute atomic E-state index is 4.34. The number of fused-ring (bicyclic) bond motifs is 1.